The van der Waals surface area contributed by atoms with Gasteiger partial charge in [0.1, 0.15) is 10.8 Å². The first kappa shape index (κ1) is 10.7. The summed E-state index contributed by atoms with van der Waals surface area (Å²) < 4.78 is 36.2. The minimum Gasteiger partial charge on any atom is -0.230 e. The van der Waals surface area contributed by atoms with Crippen LogP contribution in [0.1, 0.15) is 5.69 Å². The van der Waals surface area contributed by atoms with E-state index in [0.717, 1.165) is 6.07 Å². The van der Waals surface area contributed by atoms with Crippen molar-refractivity contribution in [2.45, 2.75) is 11.1 Å². The molecule has 0 saturated carbocycles. The number of halogens is 4. The molecule has 0 fully saturated rings. The SMILES string of the molecule is CSc1ccc(C(F)(F)F)nc1Cl. The molecule has 0 radical (unpaired) electrons. The zero-order valence-electron chi connectivity index (χ0n) is 6.52. The summed E-state index contributed by atoms with van der Waals surface area (Å²) in [7, 11) is 0. The molecule has 1 rings (SSSR count). The van der Waals surface area contributed by atoms with Crippen LogP contribution >= 0.6 is 23.4 Å². The van der Waals surface area contributed by atoms with Crippen LogP contribution in [0.15, 0.2) is 17.0 Å². The average molecular weight is 228 g/mol. The molecule has 0 aliphatic heterocycles. The molecule has 0 atom stereocenters. The summed E-state index contributed by atoms with van der Waals surface area (Å²) in [6.07, 6.45) is -2.71. The maximum Gasteiger partial charge on any atom is 0.433 e. The molecule has 6 heteroatoms. The van der Waals surface area contributed by atoms with E-state index < -0.39 is 11.9 Å². The Labute approximate surface area is 82.3 Å². The standard InChI is InChI=1S/C7H5ClF3NS/c1-13-4-2-3-5(7(9,10)11)12-6(4)8/h2-3H,1H3. The van der Waals surface area contributed by atoms with Crippen LogP contribution in [0.5, 0.6) is 0 Å². The van der Waals surface area contributed by atoms with E-state index >= 15 is 0 Å². The number of rotatable bonds is 1. The van der Waals surface area contributed by atoms with Crippen molar-refractivity contribution in [3.63, 3.8) is 0 Å². The van der Waals surface area contributed by atoms with Crippen LogP contribution < -0.4 is 0 Å². The Morgan fingerprint density at radius 3 is 2.38 bits per heavy atom. The largest absolute Gasteiger partial charge is 0.433 e. The van der Waals surface area contributed by atoms with Gasteiger partial charge in [-0.05, 0) is 18.4 Å². The van der Waals surface area contributed by atoms with E-state index in [1.165, 1.54) is 17.8 Å². The molecule has 0 spiro atoms. The zero-order valence-corrected chi connectivity index (χ0v) is 8.09. The van der Waals surface area contributed by atoms with Gasteiger partial charge >= 0.3 is 6.18 Å². The van der Waals surface area contributed by atoms with Gasteiger partial charge in [0.2, 0.25) is 0 Å². The predicted molar refractivity (Wildman–Crippen MR) is 46.0 cm³/mol. The van der Waals surface area contributed by atoms with Gasteiger partial charge in [-0.2, -0.15) is 13.2 Å². The van der Waals surface area contributed by atoms with Crippen LogP contribution in [-0.4, -0.2) is 11.2 Å². The maximum absolute atomic E-state index is 12.1. The summed E-state index contributed by atoms with van der Waals surface area (Å²) in [4.78, 5) is 3.77. The smallest absolute Gasteiger partial charge is 0.230 e. The summed E-state index contributed by atoms with van der Waals surface area (Å²) in [5.41, 5.74) is -0.963. The lowest BCUT2D eigenvalue weighted by molar-refractivity contribution is -0.141. The summed E-state index contributed by atoms with van der Waals surface area (Å²) in [5, 5.41) is -0.109. The fourth-order valence-corrected chi connectivity index (χ4v) is 1.54. The molecular formula is C7H5ClF3NS. The van der Waals surface area contributed by atoms with E-state index in [-0.39, 0.29) is 5.15 Å². The number of alkyl halides is 3. The van der Waals surface area contributed by atoms with Gasteiger partial charge in [-0.3, -0.25) is 0 Å². The number of hydrogen-bond donors (Lipinski definition) is 0. The molecule has 0 aromatic carbocycles. The Hall–Kier alpha value is -0.420. The molecule has 1 heterocycles. The fraction of sp³-hybridized carbons (Fsp3) is 0.286. The minimum absolute atomic E-state index is 0.109. The molecule has 0 aliphatic carbocycles. The summed E-state index contributed by atoms with van der Waals surface area (Å²) in [5.74, 6) is 0. The average Bonchev–Trinajstić information content (AvgIpc) is 2.02. The van der Waals surface area contributed by atoms with Crippen LogP contribution in [0.25, 0.3) is 0 Å². The number of hydrogen-bond acceptors (Lipinski definition) is 2. The van der Waals surface area contributed by atoms with Gasteiger partial charge < -0.3 is 0 Å². The summed E-state index contributed by atoms with van der Waals surface area (Å²) >= 11 is 6.76. The van der Waals surface area contributed by atoms with Crippen LogP contribution in [0.3, 0.4) is 0 Å². The van der Waals surface area contributed by atoms with E-state index in [1.54, 1.807) is 6.26 Å². The van der Waals surface area contributed by atoms with Crippen molar-refractivity contribution in [1.82, 2.24) is 4.98 Å². The Morgan fingerprint density at radius 2 is 2.00 bits per heavy atom. The number of pyridine rings is 1. The van der Waals surface area contributed by atoms with E-state index in [1.807, 2.05) is 0 Å². The number of thioether (sulfide) groups is 1. The highest BCUT2D eigenvalue weighted by Gasteiger charge is 2.32. The van der Waals surface area contributed by atoms with Gasteiger partial charge in [-0.25, -0.2) is 4.98 Å². The third-order valence-corrected chi connectivity index (χ3v) is 2.49. The third-order valence-electron chi connectivity index (χ3n) is 1.32. The van der Waals surface area contributed by atoms with E-state index in [2.05, 4.69) is 4.98 Å². The van der Waals surface area contributed by atoms with Gasteiger partial charge in [-0.15, -0.1) is 11.8 Å². The molecule has 0 unspecified atom stereocenters. The van der Waals surface area contributed by atoms with Crippen LogP contribution in [0.2, 0.25) is 5.15 Å². The van der Waals surface area contributed by atoms with Gasteiger partial charge in [0.05, 0.1) is 0 Å². The lowest BCUT2D eigenvalue weighted by Crippen LogP contribution is -2.07. The fourth-order valence-electron chi connectivity index (χ4n) is 0.732. The number of aromatic nitrogens is 1. The molecule has 1 aromatic heterocycles. The summed E-state index contributed by atoms with van der Waals surface area (Å²) in [6.45, 7) is 0. The van der Waals surface area contributed by atoms with Crippen molar-refractivity contribution < 1.29 is 13.2 Å². The highest BCUT2D eigenvalue weighted by Crippen LogP contribution is 2.31. The van der Waals surface area contributed by atoms with Crippen molar-refractivity contribution in [3.8, 4) is 0 Å². The molecule has 0 saturated heterocycles. The zero-order chi connectivity index (χ0) is 10.1. The highest BCUT2D eigenvalue weighted by atomic mass is 35.5. The second-order valence-electron chi connectivity index (χ2n) is 2.19. The van der Waals surface area contributed by atoms with Crippen LogP contribution in [0, 0.1) is 0 Å². The van der Waals surface area contributed by atoms with E-state index in [4.69, 9.17) is 11.6 Å². The second kappa shape index (κ2) is 3.75. The molecule has 0 amide bonds. The molecule has 0 N–H and O–H groups in total. The minimum atomic E-state index is -4.43. The Bertz CT molecular complexity index is 313. The molecular weight excluding hydrogens is 223 g/mol. The van der Waals surface area contributed by atoms with Crippen molar-refractivity contribution >= 4 is 23.4 Å². The Morgan fingerprint density at radius 1 is 1.38 bits per heavy atom. The first-order chi connectivity index (χ1) is 5.95. The molecule has 1 nitrogen and oxygen atoms in total. The van der Waals surface area contributed by atoms with Crippen molar-refractivity contribution in [1.29, 1.82) is 0 Å². The monoisotopic (exact) mass is 227 g/mol. The van der Waals surface area contributed by atoms with Crippen LogP contribution in [0.4, 0.5) is 13.2 Å². The molecule has 13 heavy (non-hydrogen) atoms. The van der Waals surface area contributed by atoms with Crippen molar-refractivity contribution in [2.75, 3.05) is 6.26 Å². The second-order valence-corrected chi connectivity index (χ2v) is 3.39. The van der Waals surface area contributed by atoms with Gasteiger partial charge in [-0.1, -0.05) is 11.6 Å². The molecule has 0 aliphatic rings. The highest BCUT2D eigenvalue weighted by molar-refractivity contribution is 7.98. The first-order valence-electron chi connectivity index (χ1n) is 3.23. The van der Waals surface area contributed by atoms with Gasteiger partial charge in [0, 0.05) is 4.90 Å². The quantitative estimate of drug-likeness (QED) is 0.538. The van der Waals surface area contributed by atoms with Crippen LogP contribution in [-0.2, 0) is 6.18 Å². The molecule has 0 bridgehead atoms. The van der Waals surface area contributed by atoms with Gasteiger partial charge in [0.25, 0.3) is 0 Å². The molecule has 1 aromatic rings. The van der Waals surface area contributed by atoms with E-state index in [9.17, 15) is 13.2 Å². The van der Waals surface area contributed by atoms with Crippen molar-refractivity contribution in [3.05, 3.63) is 23.0 Å². The Balaban J connectivity index is 3.10. The summed E-state index contributed by atoms with van der Waals surface area (Å²) in [6, 6.07) is 2.22. The normalized spacial score (nSPS) is 11.8. The molecule has 72 valence electrons. The maximum atomic E-state index is 12.1. The van der Waals surface area contributed by atoms with E-state index in [0.29, 0.717) is 4.90 Å². The predicted octanol–water partition coefficient (Wildman–Crippen LogP) is 3.48. The first-order valence-corrected chi connectivity index (χ1v) is 4.83. The lowest BCUT2D eigenvalue weighted by atomic mass is 10.3. The third kappa shape index (κ3) is 2.51. The lowest BCUT2D eigenvalue weighted by Gasteiger charge is -2.06. The number of nitrogens with zero attached hydrogens (tertiary/aromatic N) is 1. The van der Waals surface area contributed by atoms with Crippen molar-refractivity contribution in [2.24, 2.45) is 0 Å². The van der Waals surface area contributed by atoms with Gasteiger partial charge in [0.15, 0.2) is 0 Å². The topological polar surface area (TPSA) is 12.9 Å². The Kier molecular flexibility index (Phi) is 3.08.